The molecule has 0 aliphatic carbocycles. The Balaban J connectivity index is 1.97. The van der Waals surface area contributed by atoms with Crippen LogP contribution in [0.2, 0.25) is 0 Å². The maximum atomic E-state index is 11.9. The number of hydrogen-bond donors (Lipinski definition) is 1. The van der Waals surface area contributed by atoms with Crippen LogP contribution in [0, 0.1) is 11.8 Å². The van der Waals surface area contributed by atoms with Crippen LogP contribution in [0.25, 0.3) is 0 Å². The van der Waals surface area contributed by atoms with Gasteiger partial charge in [0.15, 0.2) is 0 Å². The Morgan fingerprint density at radius 1 is 1.33 bits per heavy atom. The number of ether oxygens (including phenoxy) is 2. The normalized spacial score (nSPS) is 31.3. The molecule has 0 aromatic carbocycles. The van der Waals surface area contributed by atoms with E-state index >= 15 is 0 Å². The molecule has 18 heavy (non-hydrogen) atoms. The van der Waals surface area contributed by atoms with Crippen molar-refractivity contribution < 1.29 is 24.2 Å². The van der Waals surface area contributed by atoms with Gasteiger partial charge in [0.25, 0.3) is 0 Å². The highest BCUT2D eigenvalue weighted by Gasteiger charge is 2.48. The molecule has 2 saturated heterocycles. The summed E-state index contributed by atoms with van der Waals surface area (Å²) in [6.45, 7) is 6.47. The largest absolute Gasteiger partial charge is 0.481 e. The number of amides is 1. The van der Waals surface area contributed by atoms with Gasteiger partial charge in [0.1, 0.15) is 5.60 Å². The smallest absolute Gasteiger partial charge is 0.410 e. The summed E-state index contributed by atoms with van der Waals surface area (Å²) in [5.74, 6) is -1.48. The number of carboxylic acid groups (broad SMARTS) is 1. The summed E-state index contributed by atoms with van der Waals surface area (Å²) in [7, 11) is 0. The Bertz CT molecular complexity index is 362. The summed E-state index contributed by atoms with van der Waals surface area (Å²) in [5, 5.41) is 9.06. The SMILES string of the molecule is CC(C)(C)OC(=O)N1C[C@@H]2[C@H](C1)OC[C@@H]2C(=O)O. The summed E-state index contributed by atoms with van der Waals surface area (Å²) in [6.07, 6.45) is -0.566. The molecule has 2 rings (SSSR count). The third-order valence-electron chi connectivity index (χ3n) is 3.28. The van der Waals surface area contributed by atoms with Gasteiger partial charge in [0, 0.05) is 12.5 Å². The van der Waals surface area contributed by atoms with Gasteiger partial charge in [-0.1, -0.05) is 0 Å². The molecule has 2 fully saturated rings. The molecule has 1 amide bonds. The van der Waals surface area contributed by atoms with E-state index in [4.69, 9.17) is 14.6 Å². The Hall–Kier alpha value is -1.30. The van der Waals surface area contributed by atoms with Crippen molar-refractivity contribution in [2.75, 3.05) is 19.7 Å². The van der Waals surface area contributed by atoms with Crippen molar-refractivity contribution in [2.45, 2.75) is 32.5 Å². The maximum absolute atomic E-state index is 11.9. The molecule has 102 valence electrons. The highest BCUT2D eigenvalue weighted by Crippen LogP contribution is 2.34. The van der Waals surface area contributed by atoms with Crippen LogP contribution < -0.4 is 0 Å². The van der Waals surface area contributed by atoms with Crippen LogP contribution in [0.4, 0.5) is 4.79 Å². The van der Waals surface area contributed by atoms with Crippen molar-refractivity contribution in [1.29, 1.82) is 0 Å². The minimum absolute atomic E-state index is 0.116. The van der Waals surface area contributed by atoms with E-state index in [2.05, 4.69) is 0 Å². The van der Waals surface area contributed by atoms with E-state index in [9.17, 15) is 9.59 Å². The van der Waals surface area contributed by atoms with Gasteiger partial charge in [0.05, 0.1) is 25.2 Å². The molecule has 3 atom stereocenters. The van der Waals surface area contributed by atoms with Crippen molar-refractivity contribution in [3.8, 4) is 0 Å². The molecular formula is C12H19NO5. The van der Waals surface area contributed by atoms with E-state index in [1.54, 1.807) is 20.8 Å². The second-order valence-electron chi connectivity index (χ2n) is 5.87. The zero-order valence-corrected chi connectivity index (χ0v) is 10.9. The maximum Gasteiger partial charge on any atom is 0.410 e. The first-order valence-corrected chi connectivity index (χ1v) is 6.10. The molecular weight excluding hydrogens is 238 g/mol. The van der Waals surface area contributed by atoms with Crippen LogP contribution in [-0.2, 0) is 14.3 Å². The second kappa shape index (κ2) is 4.42. The molecule has 0 bridgehead atoms. The summed E-state index contributed by atoms with van der Waals surface area (Å²) >= 11 is 0. The predicted molar refractivity (Wildman–Crippen MR) is 62.2 cm³/mol. The third-order valence-corrected chi connectivity index (χ3v) is 3.28. The number of aliphatic carboxylic acids is 1. The van der Waals surface area contributed by atoms with Gasteiger partial charge < -0.3 is 19.5 Å². The van der Waals surface area contributed by atoms with Crippen molar-refractivity contribution >= 4 is 12.1 Å². The molecule has 1 N–H and O–H groups in total. The highest BCUT2D eigenvalue weighted by molar-refractivity contribution is 5.72. The number of hydrogen-bond acceptors (Lipinski definition) is 4. The predicted octanol–water partition coefficient (Wildman–Crippen LogP) is 0.953. The second-order valence-corrected chi connectivity index (χ2v) is 5.87. The van der Waals surface area contributed by atoms with E-state index in [0.29, 0.717) is 13.1 Å². The lowest BCUT2D eigenvalue weighted by molar-refractivity contribution is -0.142. The van der Waals surface area contributed by atoms with Crippen LogP contribution in [0.5, 0.6) is 0 Å². The van der Waals surface area contributed by atoms with E-state index in [0.717, 1.165) is 0 Å². The lowest BCUT2D eigenvalue weighted by Crippen LogP contribution is -2.37. The molecule has 0 aromatic heterocycles. The minimum Gasteiger partial charge on any atom is -0.481 e. The Morgan fingerprint density at radius 2 is 2.00 bits per heavy atom. The number of carboxylic acids is 1. The lowest BCUT2D eigenvalue weighted by atomic mass is 9.93. The summed E-state index contributed by atoms with van der Waals surface area (Å²) < 4.78 is 10.7. The topological polar surface area (TPSA) is 76.1 Å². The van der Waals surface area contributed by atoms with Crippen molar-refractivity contribution in [1.82, 2.24) is 4.90 Å². The van der Waals surface area contributed by atoms with E-state index < -0.39 is 23.6 Å². The summed E-state index contributed by atoms with van der Waals surface area (Å²) in [5.41, 5.74) is -0.540. The van der Waals surface area contributed by atoms with E-state index in [-0.39, 0.29) is 18.6 Å². The average Bonchev–Trinajstić information content (AvgIpc) is 2.70. The van der Waals surface area contributed by atoms with Crippen LogP contribution >= 0.6 is 0 Å². The highest BCUT2D eigenvalue weighted by atomic mass is 16.6. The quantitative estimate of drug-likeness (QED) is 0.757. The molecule has 2 aliphatic rings. The molecule has 0 saturated carbocycles. The van der Waals surface area contributed by atoms with Crippen LogP contribution in [0.15, 0.2) is 0 Å². The number of rotatable bonds is 1. The zero-order valence-electron chi connectivity index (χ0n) is 10.9. The number of likely N-dealkylation sites (tertiary alicyclic amines) is 1. The fourth-order valence-corrected chi connectivity index (χ4v) is 2.44. The Kier molecular flexibility index (Phi) is 3.23. The van der Waals surface area contributed by atoms with E-state index in [1.807, 2.05) is 0 Å². The standard InChI is InChI=1S/C12H19NO5/c1-12(2,3)18-11(16)13-4-7-8(10(14)15)6-17-9(7)5-13/h7-9H,4-6H2,1-3H3,(H,14,15)/t7-,8-,9-/m0/s1. The molecule has 0 aromatic rings. The van der Waals surface area contributed by atoms with Gasteiger partial charge in [-0.25, -0.2) is 4.79 Å². The first-order chi connectivity index (χ1) is 8.28. The number of carbonyl (C=O) groups is 2. The molecule has 0 unspecified atom stereocenters. The van der Waals surface area contributed by atoms with Crippen LogP contribution in [-0.4, -0.2) is 53.5 Å². The summed E-state index contributed by atoms with van der Waals surface area (Å²) in [6, 6.07) is 0. The average molecular weight is 257 g/mol. The van der Waals surface area contributed by atoms with Gasteiger partial charge in [-0.05, 0) is 20.8 Å². The van der Waals surface area contributed by atoms with Gasteiger partial charge >= 0.3 is 12.1 Å². The van der Waals surface area contributed by atoms with Crippen molar-refractivity contribution in [3.63, 3.8) is 0 Å². The Morgan fingerprint density at radius 3 is 2.56 bits per heavy atom. The molecule has 0 spiro atoms. The minimum atomic E-state index is -0.853. The van der Waals surface area contributed by atoms with Crippen LogP contribution in [0.3, 0.4) is 0 Å². The zero-order chi connectivity index (χ0) is 13.5. The number of fused-ring (bicyclic) bond motifs is 1. The van der Waals surface area contributed by atoms with Gasteiger partial charge in [-0.3, -0.25) is 4.79 Å². The molecule has 2 aliphatic heterocycles. The first-order valence-electron chi connectivity index (χ1n) is 6.10. The van der Waals surface area contributed by atoms with Crippen molar-refractivity contribution in [2.24, 2.45) is 11.8 Å². The molecule has 6 heteroatoms. The van der Waals surface area contributed by atoms with E-state index in [1.165, 1.54) is 4.90 Å². The summed E-state index contributed by atoms with van der Waals surface area (Å²) in [4.78, 5) is 24.4. The fourth-order valence-electron chi connectivity index (χ4n) is 2.44. The Labute approximate surface area is 106 Å². The molecule has 0 radical (unpaired) electrons. The molecule has 2 heterocycles. The molecule has 6 nitrogen and oxygen atoms in total. The van der Waals surface area contributed by atoms with Gasteiger partial charge in [-0.15, -0.1) is 0 Å². The van der Waals surface area contributed by atoms with Gasteiger partial charge in [-0.2, -0.15) is 0 Å². The van der Waals surface area contributed by atoms with Gasteiger partial charge in [0.2, 0.25) is 0 Å². The van der Waals surface area contributed by atoms with Crippen LogP contribution in [0.1, 0.15) is 20.8 Å². The lowest BCUT2D eigenvalue weighted by Gasteiger charge is -2.25. The van der Waals surface area contributed by atoms with Crippen molar-refractivity contribution in [3.05, 3.63) is 0 Å². The monoisotopic (exact) mass is 257 g/mol. The third kappa shape index (κ3) is 2.58. The number of carbonyl (C=O) groups excluding carboxylic acids is 1. The first kappa shape index (κ1) is 13.1. The number of nitrogens with zero attached hydrogens (tertiary/aromatic N) is 1. The fraction of sp³-hybridized carbons (Fsp3) is 0.833.